The second-order valence-corrected chi connectivity index (χ2v) is 4.79. The van der Waals surface area contributed by atoms with Crippen molar-refractivity contribution in [3.63, 3.8) is 0 Å². The van der Waals surface area contributed by atoms with Crippen LogP contribution in [0.5, 0.6) is 5.75 Å². The fraction of sp³-hybridized carbons (Fsp3) is 0.214. The average Bonchev–Trinajstić information content (AvgIpc) is 2.88. The highest BCUT2D eigenvalue weighted by atomic mass is 32.1. The summed E-state index contributed by atoms with van der Waals surface area (Å²) in [6, 6.07) is 6.93. The van der Waals surface area contributed by atoms with E-state index >= 15 is 0 Å². The van der Waals surface area contributed by atoms with E-state index in [0.717, 1.165) is 0 Å². The number of esters is 1. The Hall–Kier alpha value is -2.21. The number of rotatable bonds is 4. The molecule has 0 spiro atoms. The largest absolute Gasteiger partial charge is 0.507 e. The zero-order chi connectivity index (χ0) is 14.5. The molecule has 2 aromatic rings. The summed E-state index contributed by atoms with van der Waals surface area (Å²) < 4.78 is 4.87. The lowest BCUT2D eigenvalue weighted by Crippen LogP contribution is -2.04. The van der Waals surface area contributed by atoms with Crippen LogP contribution in [0.15, 0.2) is 34.6 Å². The summed E-state index contributed by atoms with van der Waals surface area (Å²) in [4.78, 5) is 19.9. The highest BCUT2D eigenvalue weighted by Gasteiger charge is 2.12. The third kappa shape index (κ3) is 3.21. The molecule has 104 valence electrons. The minimum atomic E-state index is -0.453. The van der Waals surface area contributed by atoms with Crippen molar-refractivity contribution in [2.24, 2.45) is 4.99 Å². The molecule has 20 heavy (non-hydrogen) atoms. The lowest BCUT2D eigenvalue weighted by molar-refractivity contribution is 0.0520. The standard InChI is InChI=1S/C14H14N2O3S/c1-3-19-13(18)11-8-20-14(16-11)15-9(2)10-6-4-5-7-12(10)17/h4-8,17H,3H2,1-2H3/b15-9+. The maximum absolute atomic E-state index is 11.5. The van der Waals surface area contributed by atoms with Gasteiger partial charge in [0.1, 0.15) is 5.75 Å². The minimum Gasteiger partial charge on any atom is -0.507 e. The number of phenols is 1. The van der Waals surface area contributed by atoms with Gasteiger partial charge >= 0.3 is 5.97 Å². The van der Waals surface area contributed by atoms with Gasteiger partial charge in [0.25, 0.3) is 0 Å². The number of phenolic OH excluding ortho intramolecular Hbond substituents is 1. The third-order valence-electron chi connectivity index (χ3n) is 2.53. The molecule has 0 saturated heterocycles. The van der Waals surface area contributed by atoms with Crippen molar-refractivity contribution < 1.29 is 14.6 Å². The van der Waals surface area contributed by atoms with E-state index in [2.05, 4.69) is 9.98 Å². The van der Waals surface area contributed by atoms with Gasteiger partial charge in [-0.05, 0) is 26.0 Å². The van der Waals surface area contributed by atoms with Crippen LogP contribution in [0.4, 0.5) is 5.13 Å². The Morgan fingerprint density at radius 3 is 2.90 bits per heavy atom. The Balaban J connectivity index is 2.23. The SMILES string of the molecule is CCOC(=O)c1csc(/N=C(\C)c2ccccc2O)n1. The number of benzene rings is 1. The van der Waals surface area contributed by atoms with Gasteiger partial charge in [-0.1, -0.05) is 12.1 Å². The molecular weight excluding hydrogens is 276 g/mol. The number of aromatic hydroxyl groups is 1. The molecule has 0 amide bonds. The molecule has 0 atom stereocenters. The van der Waals surface area contributed by atoms with E-state index in [1.54, 1.807) is 37.4 Å². The third-order valence-corrected chi connectivity index (χ3v) is 3.27. The number of aliphatic imine (C=N–C) groups is 1. The second-order valence-electron chi connectivity index (χ2n) is 3.95. The predicted molar refractivity (Wildman–Crippen MR) is 78.0 cm³/mol. The van der Waals surface area contributed by atoms with Gasteiger partial charge in [0.2, 0.25) is 5.13 Å². The van der Waals surface area contributed by atoms with Gasteiger partial charge in [0.15, 0.2) is 5.69 Å². The predicted octanol–water partition coefficient (Wildman–Crippen LogP) is 3.17. The molecule has 0 unspecified atom stereocenters. The van der Waals surface area contributed by atoms with E-state index in [1.807, 2.05) is 6.07 Å². The first-order valence-corrected chi connectivity index (χ1v) is 6.96. The van der Waals surface area contributed by atoms with E-state index in [-0.39, 0.29) is 11.4 Å². The number of thiazole rings is 1. The summed E-state index contributed by atoms with van der Waals surface area (Å²) in [5.41, 5.74) is 1.52. The lowest BCUT2D eigenvalue weighted by Gasteiger charge is -2.02. The average molecular weight is 290 g/mol. The van der Waals surface area contributed by atoms with Crippen molar-refractivity contribution in [3.8, 4) is 5.75 Å². The van der Waals surface area contributed by atoms with Gasteiger partial charge in [-0.3, -0.25) is 0 Å². The molecule has 6 heteroatoms. The zero-order valence-electron chi connectivity index (χ0n) is 11.2. The Labute approximate surface area is 120 Å². The van der Waals surface area contributed by atoms with Crippen LogP contribution in [-0.2, 0) is 4.74 Å². The Morgan fingerprint density at radius 1 is 1.45 bits per heavy atom. The monoisotopic (exact) mass is 290 g/mol. The molecule has 0 aliphatic heterocycles. The van der Waals surface area contributed by atoms with Gasteiger partial charge in [0.05, 0.1) is 12.3 Å². The molecule has 5 nitrogen and oxygen atoms in total. The summed E-state index contributed by atoms with van der Waals surface area (Å²) in [6.45, 7) is 3.83. The van der Waals surface area contributed by atoms with Crippen LogP contribution in [0, 0.1) is 0 Å². The topological polar surface area (TPSA) is 71.8 Å². The van der Waals surface area contributed by atoms with Crippen LogP contribution in [-0.4, -0.2) is 28.4 Å². The molecule has 0 aliphatic rings. The minimum absolute atomic E-state index is 0.163. The fourth-order valence-corrected chi connectivity index (χ4v) is 2.30. The molecule has 0 aliphatic carbocycles. The van der Waals surface area contributed by atoms with Crippen LogP contribution in [0.2, 0.25) is 0 Å². The first kappa shape index (κ1) is 14.2. The normalized spacial score (nSPS) is 11.4. The molecule has 0 bridgehead atoms. The highest BCUT2D eigenvalue weighted by molar-refractivity contribution is 7.13. The van der Waals surface area contributed by atoms with Crippen LogP contribution < -0.4 is 0 Å². The van der Waals surface area contributed by atoms with Gasteiger partial charge < -0.3 is 9.84 Å². The van der Waals surface area contributed by atoms with Crippen LogP contribution in [0.3, 0.4) is 0 Å². The van der Waals surface area contributed by atoms with Crippen molar-refractivity contribution in [2.45, 2.75) is 13.8 Å². The maximum Gasteiger partial charge on any atom is 0.357 e. The number of nitrogens with zero attached hydrogens (tertiary/aromatic N) is 2. The Bertz CT molecular complexity index is 649. The number of aromatic nitrogens is 1. The summed E-state index contributed by atoms with van der Waals surface area (Å²) in [7, 11) is 0. The van der Waals surface area contributed by atoms with Crippen molar-refractivity contribution in [1.29, 1.82) is 0 Å². The zero-order valence-corrected chi connectivity index (χ0v) is 12.0. The summed E-state index contributed by atoms with van der Waals surface area (Å²) in [6.07, 6.45) is 0. The Morgan fingerprint density at radius 2 is 2.20 bits per heavy atom. The molecular formula is C14H14N2O3S. The first-order chi connectivity index (χ1) is 9.61. The number of ether oxygens (including phenoxy) is 1. The molecule has 1 heterocycles. The van der Waals surface area contributed by atoms with E-state index in [0.29, 0.717) is 23.0 Å². The number of para-hydroxylation sites is 1. The van der Waals surface area contributed by atoms with E-state index in [4.69, 9.17) is 4.74 Å². The summed E-state index contributed by atoms with van der Waals surface area (Å²) in [5.74, 6) is -0.290. The molecule has 0 radical (unpaired) electrons. The molecule has 0 fully saturated rings. The van der Waals surface area contributed by atoms with Crippen LogP contribution in [0.1, 0.15) is 29.9 Å². The highest BCUT2D eigenvalue weighted by Crippen LogP contribution is 2.23. The molecule has 1 aromatic heterocycles. The smallest absolute Gasteiger partial charge is 0.357 e. The molecule has 2 rings (SSSR count). The van der Waals surface area contributed by atoms with Gasteiger partial charge in [0, 0.05) is 10.9 Å². The first-order valence-electron chi connectivity index (χ1n) is 6.08. The van der Waals surface area contributed by atoms with Crippen LogP contribution >= 0.6 is 11.3 Å². The van der Waals surface area contributed by atoms with Gasteiger partial charge in [-0.2, -0.15) is 0 Å². The quantitative estimate of drug-likeness (QED) is 0.693. The number of hydrogen-bond donors (Lipinski definition) is 1. The van der Waals surface area contributed by atoms with Gasteiger partial charge in [-0.15, -0.1) is 11.3 Å². The number of carbonyl (C=O) groups is 1. The van der Waals surface area contributed by atoms with Crippen molar-refractivity contribution in [3.05, 3.63) is 40.9 Å². The van der Waals surface area contributed by atoms with Crippen molar-refractivity contribution in [2.75, 3.05) is 6.61 Å². The fourth-order valence-electron chi connectivity index (χ4n) is 1.60. The molecule has 1 N–H and O–H groups in total. The number of carbonyl (C=O) groups excluding carboxylic acids is 1. The van der Waals surface area contributed by atoms with Crippen molar-refractivity contribution >= 4 is 28.1 Å². The van der Waals surface area contributed by atoms with Crippen LogP contribution in [0.25, 0.3) is 0 Å². The lowest BCUT2D eigenvalue weighted by atomic mass is 10.1. The summed E-state index contributed by atoms with van der Waals surface area (Å²) >= 11 is 1.25. The number of hydrogen-bond acceptors (Lipinski definition) is 6. The van der Waals surface area contributed by atoms with E-state index in [1.165, 1.54) is 11.3 Å². The molecule has 1 aromatic carbocycles. The molecule has 0 saturated carbocycles. The van der Waals surface area contributed by atoms with E-state index < -0.39 is 5.97 Å². The van der Waals surface area contributed by atoms with Gasteiger partial charge in [-0.25, -0.2) is 14.8 Å². The summed E-state index contributed by atoms with van der Waals surface area (Å²) in [5, 5.41) is 11.8. The second kappa shape index (κ2) is 6.29. The van der Waals surface area contributed by atoms with E-state index in [9.17, 15) is 9.90 Å². The van der Waals surface area contributed by atoms with Crippen molar-refractivity contribution in [1.82, 2.24) is 4.98 Å². The maximum atomic E-state index is 11.5. The Kier molecular flexibility index (Phi) is 4.47.